The Kier molecular flexibility index (Phi) is 4.00. The van der Waals surface area contributed by atoms with Gasteiger partial charge in [-0.2, -0.15) is 4.98 Å². The smallest absolute Gasteiger partial charge is 0.262 e. The van der Waals surface area contributed by atoms with Crippen LogP contribution in [0.1, 0.15) is 31.2 Å². The Bertz CT molecular complexity index is 615. The van der Waals surface area contributed by atoms with Crippen LogP contribution in [-0.4, -0.2) is 15.1 Å². The number of nitrogens with zero attached hydrogens (tertiary/aromatic N) is 1. The average Bonchev–Trinajstić information content (AvgIpc) is 2.38. The number of aromatic nitrogens is 2. The van der Waals surface area contributed by atoms with Crippen LogP contribution in [0.25, 0.3) is 11.1 Å². The molecule has 0 saturated heterocycles. The van der Waals surface area contributed by atoms with Crippen molar-refractivity contribution in [3.63, 3.8) is 0 Å². The second-order valence-corrected chi connectivity index (χ2v) is 4.68. The van der Waals surface area contributed by atoms with Gasteiger partial charge in [0.2, 0.25) is 5.88 Å². The molecule has 4 heteroatoms. The van der Waals surface area contributed by atoms with Crippen LogP contribution in [-0.2, 0) is 6.42 Å². The number of rotatable bonds is 4. The molecule has 4 nitrogen and oxygen atoms in total. The monoisotopic (exact) mass is 258 g/mol. The van der Waals surface area contributed by atoms with Gasteiger partial charge in [0.15, 0.2) is 0 Å². The summed E-state index contributed by atoms with van der Waals surface area (Å²) in [5.41, 5.74) is 1.73. The van der Waals surface area contributed by atoms with Gasteiger partial charge in [0, 0.05) is 6.42 Å². The highest BCUT2D eigenvalue weighted by Gasteiger charge is 2.12. The Hall–Kier alpha value is -2.10. The van der Waals surface area contributed by atoms with Crippen molar-refractivity contribution in [2.45, 2.75) is 33.1 Å². The van der Waals surface area contributed by atoms with Crippen molar-refractivity contribution in [1.29, 1.82) is 0 Å². The van der Waals surface area contributed by atoms with E-state index in [1.165, 1.54) is 0 Å². The maximum Gasteiger partial charge on any atom is 0.262 e. The molecule has 0 bridgehead atoms. The molecule has 0 aliphatic heterocycles. The first-order valence-corrected chi connectivity index (χ1v) is 6.51. The molecule has 0 amide bonds. The lowest BCUT2D eigenvalue weighted by atomic mass is 10.1. The van der Waals surface area contributed by atoms with Crippen molar-refractivity contribution in [3.8, 4) is 17.0 Å². The lowest BCUT2D eigenvalue weighted by Gasteiger charge is -2.06. The van der Waals surface area contributed by atoms with Crippen molar-refractivity contribution < 1.29 is 5.11 Å². The van der Waals surface area contributed by atoms with Gasteiger partial charge in [-0.1, -0.05) is 43.2 Å². The van der Waals surface area contributed by atoms with E-state index in [4.69, 9.17) is 0 Å². The van der Waals surface area contributed by atoms with Gasteiger partial charge in [0.05, 0.1) is 0 Å². The first kappa shape index (κ1) is 13.3. The van der Waals surface area contributed by atoms with Crippen LogP contribution in [0.15, 0.2) is 29.1 Å². The number of unbranched alkanes of at least 4 members (excludes halogenated alkanes) is 1. The average molecular weight is 258 g/mol. The number of aryl methyl sites for hydroxylation is 2. The molecule has 19 heavy (non-hydrogen) atoms. The Balaban J connectivity index is 2.42. The number of benzene rings is 1. The summed E-state index contributed by atoms with van der Waals surface area (Å²) in [5.74, 6) is 0.346. The van der Waals surface area contributed by atoms with Crippen LogP contribution < -0.4 is 5.56 Å². The number of hydrogen-bond acceptors (Lipinski definition) is 3. The van der Waals surface area contributed by atoms with Crippen molar-refractivity contribution in [3.05, 3.63) is 46.0 Å². The highest BCUT2D eigenvalue weighted by molar-refractivity contribution is 5.67. The van der Waals surface area contributed by atoms with E-state index >= 15 is 0 Å². The molecule has 0 saturated carbocycles. The molecule has 1 aromatic carbocycles. The lowest BCUT2D eigenvalue weighted by molar-refractivity contribution is 0.449. The Labute approximate surface area is 112 Å². The maximum absolute atomic E-state index is 12.1. The molecule has 2 N–H and O–H groups in total. The molecule has 0 aliphatic rings. The molecule has 0 fully saturated rings. The molecular weight excluding hydrogens is 240 g/mol. The molecular formula is C15H18N2O2. The fourth-order valence-corrected chi connectivity index (χ4v) is 1.95. The third-order valence-corrected chi connectivity index (χ3v) is 3.06. The normalized spacial score (nSPS) is 10.6. The van der Waals surface area contributed by atoms with E-state index in [1.54, 1.807) is 0 Å². The van der Waals surface area contributed by atoms with E-state index in [-0.39, 0.29) is 17.0 Å². The molecule has 1 heterocycles. The summed E-state index contributed by atoms with van der Waals surface area (Å²) in [6.45, 7) is 4.04. The topological polar surface area (TPSA) is 66.0 Å². The molecule has 0 atom stereocenters. The number of H-pyrrole nitrogens is 1. The van der Waals surface area contributed by atoms with E-state index in [0.717, 1.165) is 18.4 Å². The highest BCUT2D eigenvalue weighted by atomic mass is 16.3. The molecule has 0 unspecified atom stereocenters. The number of aromatic amines is 1. The van der Waals surface area contributed by atoms with Crippen LogP contribution in [0.4, 0.5) is 0 Å². The first-order valence-electron chi connectivity index (χ1n) is 6.51. The van der Waals surface area contributed by atoms with Crippen LogP contribution >= 0.6 is 0 Å². The van der Waals surface area contributed by atoms with Gasteiger partial charge in [-0.15, -0.1) is 0 Å². The quantitative estimate of drug-likeness (QED) is 0.886. The van der Waals surface area contributed by atoms with Crippen molar-refractivity contribution in [2.75, 3.05) is 0 Å². The second-order valence-electron chi connectivity index (χ2n) is 4.68. The Morgan fingerprint density at radius 3 is 2.53 bits per heavy atom. The number of hydrogen-bond donors (Lipinski definition) is 2. The minimum Gasteiger partial charge on any atom is -0.493 e. The van der Waals surface area contributed by atoms with E-state index in [1.807, 2.05) is 31.2 Å². The third kappa shape index (κ3) is 3.02. The maximum atomic E-state index is 12.1. The van der Waals surface area contributed by atoms with Gasteiger partial charge in [0.1, 0.15) is 11.4 Å². The van der Waals surface area contributed by atoms with Crippen LogP contribution in [0.5, 0.6) is 5.88 Å². The zero-order valence-corrected chi connectivity index (χ0v) is 11.2. The Morgan fingerprint density at radius 1 is 1.26 bits per heavy atom. The molecule has 2 rings (SSSR count). The summed E-state index contributed by atoms with van der Waals surface area (Å²) >= 11 is 0. The predicted molar refractivity (Wildman–Crippen MR) is 75.3 cm³/mol. The summed E-state index contributed by atoms with van der Waals surface area (Å²) in [4.78, 5) is 18.9. The highest BCUT2D eigenvalue weighted by Crippen LogP contribution is 2.23. The van der Waals surface area contributed by atoms with Crippen LogP contribution in [0.3, 0.4) is 0 Å². The van der Waals surface area contributed by atoms with E-state index < -0.39 is 0 Å². The molecule has 0 aliphatic carbocycles. The van der Waals surface area contributed by atoms with E-state index in [9.17, 15) is 9.90 Å². The van der Waals surface area contributed by atoms with Crippen molar-refractivity contribution in [1.82, 2.24) is 9.97 Å². The third-order valence-electron chi connectivity index (χ3n) is 3.06. The van der Waals surface area contributed by atoms with Crippen LogP contribution in [0.2, 0.25) is 0 Å². The summed E-state index contributed by atoms with van der Waals surface area (Å²) < 4.78 is 0. The molecule has 0 spiro atoms. The minimum atomic E-state index is -0.289. The van der Waals surface area contributed by atoms with Gasteiger partial charge in [-0.3, -0.25) is 4.79 Å². The first-order chi connectivity index (χ1) is 9.11. The molecule has 0 radical (unpaired) electrons. The standard InChI is InChI=1S/C15H18N2O2/c1-3-4-5-12-16-14(18)13(15(19)17-12)11-8-6-10(2)7-9-11/h6-9H,3-5H2,1-2H3,(H2,16,17,18,19). The summed E-state index contributed by atoms with van der Waals surface area (Å²) in [6, 6.07) is 7.43. The fourth-order valence-electron chi connectivity index (χ4n) is 1.95. The summed E-state index contributed by atoms with van der Waals surface area (Å²) in [5, 5.41) is 9.96. The second kappa shape index (κ2) is 5.69. The van der Waals surface area contributed by atoms with E-state index in [0.29, 0.717) is 17.8 Å². The predicted octanol–water partition coefficient (Wildman–Crippen LogP) is 2.79. The van der Waals surface area contributed by atoms with Gasteiger partial charge in [-0.25, -0.2) is 0 Å². The molecule has 2 aromatic rings. The van der Waals surface area contributed by atoms with Gasteiger partial charge < -0.3 is 10.1 Å². The molecule has 100 valence electrons. The summed E-state index contributed by atoms with van der Waals surface area (Å²) in [6.07, 6.45) is 2.63. The fraction of sp³-hybridized carbons (Fsp3) is 0.333. The zero-order valence-electron chi connectivity index (χ0n) is 11.2. The Morgan fingerprint density at radius 2 is 1.95 bits per heavy atom. The molecule has 1 aromatic heterocycles. The lowest BCUT2D eigenvalue weighted by Crippen LogP contribution is -2.14. The summed E-state index contributed by atoms with van der Waals surface area (Å²) in [7, 11) is 0. The number of nitrogens with one attached hydrogen (secondary N) is 1. The SMILES string of the molecule is CCCCc1nc(O)c(-c2ccc(C)cc2)c(=O)[nH]1. The van der Waals surface area contributed by atoms with Gasteiger partial charge in [-0.05, 0) is 18.9 Å². The zero-order chi connectivity index (χ0) is 13.8. The van der Waals surface area contributed by atoms with Crippen molar-refractivity contribution in [2.24, 2.45) is 0 Å². The van der Waals surface area contributed by atoms with E-state index in [2.05, 4.69) is 16.9 Å². The largest absolute Gasteiger partial charge is 0.493 e. The van der Waals surface area contributed by atoms with Crippen LogP contribution in [0, 0.1) is 6.92 Å². The van der Waals surface area contributed by atoms with Gasteiger partial charge >= 0.3 is 0 Å². The van der Waals surface area contributed by atoms with Crippen molar-refractivity contribution >= 4 is 0 Å². The number of aromatic hydroxyl groups is 1. The van der Waals surface area contributed by atoms with Gasteiger partial charge in [0.25, 0.3) is 5.56 Å². The minimum absolute atomic E-state index is 0.196.